The first-order chi connectivity index (χ1) is 16.6. The van der Waals surface area contributed by atoms with Gasteiger partial charge in [-0.1, -0.05) is 65.4 Å². The molecule has 0 radical (unpaired) electrons. The van der Waals surface area contributed by atoms with Crippen LogP contribution in [0.1, 0.15) is 32.6 Å². The summed E-state index contributed by atoms with van der Waals surface area (Å²) in [5, 5.41) is 1.32. The Kier molecular flexibility index (Phi) is 6.39. The maximum absolute atomic E-state index is 13.7. The molecule has 5 rings (SSSR count). The average Bonchev–Trinajstić information content (AvgIpc) is 3.28. The Labute approximate surface area is 207 Å². The molecule has 0 bridgehead atoms. The molecule has 0 aliphatic rings. The van der Waals surface area contributed by atoms with Gasteiger partial charge in [0.15, 0.2) is 5.13 Å². The first-order valence-electron chi connectivity index (χ1n) is 11.0. The van der Waals surface area contributed by atoms with E-state index in [0.717, 1.165) is 33.3 Å². The zero-order chi connectivity index (χ0) is 23.5. The third-order valence-electron chi connectivity index (χ3n) is 5.66. The maximum atomic E-state index is 13.7. The second-order valence-electron chi connectivity index (χ2n) is 8.17. The number of rotatable bonds is 6. The second kappa shape index (κ2) is 9.75. The Morgan fingerprint density at radius 2 is 1.62 bits per heavy atom. The summed E-state index contributed by atoms with van der Waals surface area (Å²) in [6, 6.07) is 25.8. The molecule has 4 nitrogen and oxygen atoms in total. The largest absolute Gasteiger partial charge is 0.279 e. The number of amides is 1. The van der Waals surface area contributed by atoms with E-state index in [2.05, 4.69) is 17.1 Å². The summed E-state index contributed by atoms with van der Waals surface area (Å²) >= 11 is 7.74. The summed E-state index contributed by atoms with van der Waals surface area (Å²) in [6.45, 7) is 2.39. The van der Waals surface area contributed by atoms with Crippen LogP contribution in [0, 0.1) is 6.92 Å². The number of hydrogen-bond donors (Lipinski definition) is 0. The zero-order valence-electron chi connectivity index (χ0n) is 18.6. The average molecular weight is 484 g/mol. The molecule has 34 heavy (non-hydrogen) atoms. The van der Waals surface area contributed by atoms with E-state index in [9.17, 15) is 4.79 Å². The van der Waals surface area contributed by atoms with Gasteiger partial charge in [0, 0.05) is 23.0 Å². The molecule has 6 heteroatoms. The number of hydrogen-bond acceptors (Lipinski definition) is 4. The topological polar surface area (TPSA) is 46.1 Å². The van der Waals surface area contributed by atoms with E-state index in [0.29, 0.717) is 22.3 Å². The van der Waals surface area contributed by atoms with E-state index in [-0.39, 0.29) is 5.91 Å². The normalized spacial score (nSPS) is 11.0. The van der Waals surface area contributed by atoms with Crippen molar-refractivity contribution in [1.29, 1.82) is 0 Å². The molecule has 0 spiro atoms. The van der Waals surface area contributed by atoms with Crippen molar-refractivity contribution in [3.05, 3.63) is 124 Å². The highest BCUT2D eigenvalue weighted by Gasteiger charge is 2.22. The minimum atomic E-state index is -0.0918. The SMILES string of the molecule is Cc1cc(Cl)cc2sc(N(Cc3ccncc3)C(=O)c3ccc(Cc4ccccc4)cc3)nc12. The van der Waals surface area contributed by atoms with Gasteiger partial charge in [0.1, 0.15) is 0 Å². The summed E-state index contributed by atoms with van der Waals surface area (Å²) in [4.78, 5) is 24.4. The molecule has 0 atom stereocenters. The molecule has 168 valence electrons. The fraction of sp³-hybridized carbons (Fsp3) is 0.107. The smallest absolute Gasteiger partial charge is 0.260 e. The molecule has 1 amide bonds. The van der Waals surface area contributed by atoms with E-state index in [4.69, 9.17) is 16.6 Å². The van der Waals surface area contributed by atoms with Crippen LogP contribution in [0.25, 0.3) is 10.2 Å². The molecule has 3 aromatic carbocycles. The molecule has 0 aliphatic heterocycles. The lowest BCUT2D eigenvalue weighted by Gasteiger charge is -2.20. The lowest BCUT2D eigenvalue weighted by molar-refractivity contribution is 0.0985. The van der Waals surface area contributed by atoms with Gasteiger partial charge in [0.2, 0.25) is 0 Å². The van der Waals surface area contributed by atoms with Crippen LogP contribution in [0.15, 0.2) is 91.3 Å². The van der Waals surface area contributed by atoms with E-state index >= 15 is 0 Å². The van der Waals surface area contributed by atoms with Crippen molar-refractivity contribution < 1.29 is 4.79 Å². The van der Waals surface area contributed by atoms with Gasteiger partial charge in [-0.2, -0.15) is 0 Å². The van der Waals surface area contributed by atoms with Crippen molar-refractivity contribution in [2.75, 3.05) is 4.90 Å². The lowest BCUT2D eigenvalue weighted by Crippen LogP contribution is -2.30. The lowest BCUT2D eigenvalue weighted by atomic mass is 10.0. The molecule has 0 N–H and O–H groups in total. The molecular formula is C28H22ClN3OS. The van der Waals surface area contributed by atoms with Crippen LogP contribution in [0.5, 0.6) is 0 Å². The number of fused-ring (bicyclic) bond motifs is 1. The Bertz CT molecular complexity index is 1430. The van der Waals surface area contributed by atoms with Gasteiger partial charge in [-0.05, 0) is 72.0 Å². The van der Waals surface area contributed by atoms with E-state index < -0.39 is 0 Å². The molecule has 0 saturated heterocycles. The monoisotopic (exact) mass is 483 g/mol. The zero-order valence-corrected chi connectivity index (χ0v) is 20.2. The molecule has 0 saturated carbocycles. The number of benzene rings is 3. The third-order valence-corrected chi connectivity index (χ3v) is 6.90. The van der Waals surface area contributed by atoms with Crippen molar-refractivity contribution >= 4 is 44.2 Å². The molecule has 2 heterocycles. The van der Waals surface area contributed by atoms with Crippen LogP contribution < -0.4 is 4.90 Å². The summed E-state index contributed by atoms with van der Waals surface area (Å²) in [5.74, 6) is -0.0918. The van der Waals surface area contributed by atoms with Gasteiger partial charge in [0.05, 0.1) is 16.8 Å². The van der Waals surface area contributed by atoms with Crippen molar-refractivity contribution in [3.63, 3.8) is 0 Å². The van der Waals surface area contributed by atoms with Crippen LogP contribution in [0.4, 0.5) is 5.13 Å². The molecule has 2 aromatic heterocycles. The van der Waals surface area contributed by atoms with Crippen LogP contribution in [-0.2, 0) is 13.0 Å². The fourth-order valence-electron chi connectivity index (χ4n) is 3.91. The fourth-order valence-corrected chi connectivity index (χ4v) is 5.33. The highest BCUT2D eigenvalue weighted by molar-refractivity contribution is 7.22. The molecular weight excluding hydrogens is 462 g/mol. The number of thiazole rings is 1. The molecule has 0 aliphatic carbocycles. The second-order valence-corrected chi connectivity index (χ2v) is 9.62. The van der Waals surface area contributed by atoms with E-state index in [1.165, 1.54) is 16.9 Å². The number of carbonyl (C=O) groups excluding carboxylic acids is 1. The Morgan fingerprint density at radius 3 is 2.35 bits per heavy atom. The summed E-state index contributed by atoms with van der Waals surface area (Å²) in [6.07, 6.45) is 4.30. The first-order valence-corrected chi connectivity index (χ1v) is 12.2. The van der Waals surface area contributed by atoms with Crippen molar-refractivity contribution in [2.45, 2.75) is 19.9 Å². The van der Waals surface area contributed by atoms with Gasteiger partial charge in [0.25, 0.3) is 5.91 Å². The standard InChI is InChI=1S/C28H22ClN3OS/c1-19-15-24(29)17-25-26(19)31-28(34-25)32(18-22-11-13-30-14-12-22)27(33)23-9-7-21(8-10-23)16-20-5-3-2-4-6-20/h2-15,17H,16,18H2,1H3. The highest BCUT2D eigenvalue weighted by Crippen LogP contribution is 2.34. The third kappa shape index (κ3) is 4.86. The van der Waals surface area contributed by atoms with Gasteiger partial charge in [-0.15, -0.1) is 0 Å². The number of anilines is 1. The highest BCUT2D eigenvalue weighted by atomic mass is 35.5. The first kappa shape index (κ1) is 22.3. The minimum Gasteiger partial charge on any atom is -0.279 e. The predicted molar refractivity (Wildman–Crippen MR) is 140 cm³/mol. The quantitative estimate of drug-likeness (QED) is 0.259. The Hall–Kier alpha value is -3.54. The molecule has 5 aromatic rings. The number of halogens is 1. The molecule has 0 fully saturated rings. The number of aromatic nitrogens is 2. The summed E-state index contributed by atoms with van der Waals surface area (Å²) < 4.78 is 0.964. The van der Waals surface area contributed by atoms with Crippen molar-refractivity contribution in [2.24, 2.45) is 0 Å². The van der Waals surface area contributed by atoms with Gasteiger partial charge in [-0.25, -0.2) is 4.98 Å². The Balaban J connectivity index is 1.47. The molecule has 0 unspecified atom stereocenters. The van der Waals surface area contributed by atoms with E-state index in [1.807, 2.05) is 73.7 Å². The maximum Gasteiger partial charge on any atom is 0.260 e. The van der Waals surface area contributed by atoms with Crippen LogP contribution >= 0.6 is 22.9 Å². The van der Waals surface area contributed by atoms with Gasteiger partial charge < -0.3 is 0 Å². The number of nitrogens with zero attached hydrogens (tertiary/aromatic N) is 3. The van der Waals surface area contributed by atoms with Gasteiger partial charge >= 0.3 is 0 Å². The summed E-state index contributed by atoms with van der Waals surface area (Å²) in [7, 11) is 0. The number of carbonyl (C=O) groups is 1. The van der Waals surface area contributed by atoms with Gasteiger partial charge in [-0.3, -0.25) is 14.7 Å². The van der Waals surface area contributed by atoms with Crippen molar-refractivity contribution in [3.8, 4) is 0 Å². The minimum absolute atomic E-state index is 0.0918. The van der Waals surface area contributed by atoms with E-state index in [1.54, 1.807) is 17.3 Å². The van der Waals surface area contributed by atoms with Crippen LogP contribution in [0.2, 0.25) is 5.02 Å². The van der Waals surface area contributed by atoms with Crippen LogP contribution in [-0.4, -0.2) is 15.9 Å². The van der Waals surface area contributed by atoms with Crippen LogP contribution in [0.3, 0.4) is 0 Å². The predicted octanol–water partition coefficient (Wildman–Crippen LogP) is 7.09. The Morgan fingerprint density at radius 1 is 0.912 bits per heavy atom. The number of pyridine rings is 1. The van der Waals surface area contributed by atoms with Crippen molar-refractivity contribution in [1.82, 2.24) is 9.97 Å². The number of aryl methyl sites for hydroxylation is 1. The summed E-state index contributed by atoms with van der Waals surface area (Å²) in [5.41, 5.74) is 5.87.